The minimum absolute atomic E-state index is 0.207. The number of aromatic nitrogens is 3. The summed E-state index contributed by atoms with van der Waals surface area (Å²) in [6.07, 6.45) is 5.24. The van der Waals surface area contributed by atoms with E-state index in [0.717, 1.165) is 50.2 Å². The zero-order valence-electron chi connectivity index (χ0n) is 13.7. The topological polar surface area (TPSA) is 72.3 Å². The van der Waals surface area contributed by atoms with Gasteiger partial charge in [-0.25, -0.2) is 0 Å². The zero-order chi connectivity index (χ0) is 15.8. The van der Waals surface area contributed by atoms with Gasteiger partial charge in [0.15, 0.2) is 5.82 Å². The van der Waals surface area contributed by atoms with Gasteiger partial charge in [0.05, 0.1) is 0 Å². The van der Waals surface area contributed by atoms with Crippen LogP contribution in [-0.4, -0.2) is 46.9 Å². The lowest BCUT2D eigenvalue weighted by Gasteiger charge is -2.41. The lowest BCUT2D eigenvalue weighted by molar-refractivity contribution is -0.124. The number of hydrogen-bond donors (Lipinski definition) is 1. The first-order valence-corrected chi connectivity index (χ1v) is 8.70. The molecule has 0 bridgehead atoms. The molecule has 7 nitrogen and oxygen atoms in total. The number of fused-ring (bicyclic) bond motifs is 1. The van der Waals surface area contributed by atoms with E-state index in [1.165, 1.54) is 12.8 Å². The molecule has 23 heavy (non-hydrogen) atoms. The molecule has 1 aliphatic carbocycles. The average Bonchev–Trinajstić information content (AvgIpc) is 3.29. The van der Waals surface area contributed by atoms with Gasteiger partial charge < -0.3 is 15.0 Å². The number of carbonyl (C=O) groups excluding carboxylic acids is 1. The molecule has 2 unspecified atom stereocenters. The van der Waals surface area contributed by atoms with Crippen LogP contribution in [0.25, 0.3) is 0 Å². The maximum Gasteiger partial charge on any atom is 0.227 e. The van der Waals surface area contributed by atoms with E-state index >= 15 is 0 Å². The van der Waals surface area contributed by atoms with Gasteiger partial charge >= 0.3 is 0 Å². The molecule has 1 amide bonds. The predicted molar refractivity (Wildman–Crippen MR) is 84.9 cm³/mol. The Balaban J connectivity index is 1.52. The highest BCUT2D eigenvalue weighted by Crippen LogP contribution is 2.34. The molecule has 0 aromatic carbocycles. The van der Waals surface area contributed by atoms with Gasteiger partial charge in [0.2, 0.25) is 11.9 Å². The van der Waals surface area contributed by atoms with E-state index in [1.807, 2.05) is 0 Å². The fourth-order valence-corrected chi connectivity index (χ4v) is 3.83. The number of nitrogens with one attached hydrogen (secondary N) is 1. The van der Waals surface area contributed by atoms with E-state index in [0.29, 0.717) is 25.0 Å². The molecule has 7 heteroatoms. The fourth-order valence-electron chi connectivity index (χ4n) is 3.83. The van der Waals surface area contributed by atoms with Crippen LogP contribution in [0.3, 0.4) is 0 Å². The summed E-state index contributed by atoms with van der Waals surface area (Å²) < 4.78 is 7.53. The minimum atomic E-state index is 0.207. The van der Waals surface area contributed by atoms with E-state index in [9.17, 15) is 4.79 Å². The van der Waals surface area contributed by atoms with E-state index in [1.54, 1.807) is 7.11 Å². The lowest BCUT2D eigenvalue weighted by Crippen LogP contribution is -2.54. The highest BCUT2D eigenvalue weighted by molar-refractivity contribution is 5.77. The lowest BCUT2D eigenvalue weighted by atomic mass is 9.85. The molecule has 0 radical (unpaired) electrons. The van der Waals surface area contributed by atoms with E-state index in [-0.39, 0.29) is 5.91 Å². The first kappa shape index (κ1) is 14.9. The molecular weight excluding hydrogens is 294 g/mol. The van der Waals surface area contributed by atoms with Crippen molar-refractivity contribution in [2.75, 3.05) is 25.1 Å². The van der Waals surface area contributed by atoms with Gasteiger partial charge in [0.25, 0.3) is 0 Å². The van der Waals surface area contributed by atoms with Crippen LogP contribution < -0.4 is 10.2 Å². The van der Waals surface area contributed by atoms with Crippen molar-refractivity contribution < 1.29 is 9.53 Å². The van der Waals surface area contributed by atoms with Crippen molar-refractivity contribution in [2.24, 2.45) is 11.8 Å². The molecule has 1 aromatic heterocycles. The van der Waals surface area contributed by atoms with Crippen LogP contribution in [0.5, 0.6) is 0 Å². The second-order valence-corrected chi connectivity index (χ2v) is 7.11. The first-order chi connectivity index (χ1) is 11.2. The van der Waals surface area contributed by atoms with Gasteiger partial charge in [0, 0.05) is 39.2 Å². The monoisotopic (exact) mass is 319 g/mol. The Hall–Kier alpha value is -1.63. The molecule has 3 fully saturated rings. The number of nitrogens with zero attached hydrogens (tertiary/aromatic N) is 4. The largest absolute Gasteiger partial charge is 0.377 e. The Labute approximate surface area is 136 Å². The second-order valence-electron chi connectivity index (χ2n) is 7.11. The van der Waals surface area contributed by atoms with Crippen molar-refractivity contribution in [2.45, 2.75) is 51.3 Å². The van der Waals surface area contributed by atoms with Crippen molar-refractivity contribution in [3.8, 4) is 0 Å². The normalized spacial score (nSPS) is 27.7. The smallest absolute Gasteiger partial charge is 0.227 e. The Kier molecular flexibility index (Phi) is 3.97. The maximum absolute atomic E-state index is 11.6. The maximum atomic E-state index is 11.6. The molecule has 1 aromatic rings. The molecule has 3 heterocycles. The number of rotatable bonds is 5. The molecule has 2 atom stereocenters. The summed E-state index contributed by atoms with van der Waals surface area (Å²) in [4.78, 5) is 13.9. The van der Waals surface area contributed by atoms with Crippen molar-refractivity contribution in [1.82, 2.24) is 20.1 Å². The quantitative estimate of drug-likeness (QED) is 0.874. The Bertz CT molecular complexity index is 583. The summed E-state index contributed by atoms with van der Waals surface area (Å²) in [7, 11) is 1.70. The summed E-state index contributed by atoms with van der Waals surface area (Å²) in [6, 6.07) is 0.339. The van der Waals surface area contributed by atoms with Crippen molar-refractivity contribution in [3.63, 3.8) is 0 Å². The van der Waals surface area contributed by atoms with E-state index in [4.69, 9.17) is 4.74 Å². The summed E-state index contributed by atoms with van der Waals surface area (Å²) in [6.45, 7) is 3.40. The summed E-state index contributed by atoms with van der Waals surface area (Å²) in [5.74, 6) is 3.41. The van der Waals surface area contributed by atoms with Gasteiger partial charge in [-0.3, -0.25) is 9.36 Å². The molecule has 2 saturated heterocycles. The van der Waals surface area contributed by atoms with Crippen molar-refractivity contribution >= 4 is 11.9 Å². The predicted octanol–water partition coefficient (Wildman–Crippen LogP) is 0.939. The minimum Gasteiger partial charge on any atom is -0.377 e. The van der Waals surface area contributed by atoms with Crippen LogP contribution in [-0.2, 0) is 22.7 Å². The molecule has 2 aliphatic heterocycles. The molecule has 1 saturated carbocycles. The number of amides is 1. The average molecular weight is 319 g/mol. The number of methoxy groups -OCH3 is 1. The molecule has 1 N–H and O–H groups in total. The van der Waals surface area contributed by atoms with Crippen molar-refractivity contribution in [1.29, 1.82) is 0 Å². The van der Waals surface area contributed by atoms with Crippen LogP contribution in [0.1, 0.15) is 37.9 Å². The summed E-state index contributed by atoms with van der Waals surface area (Å²) in [5.41, 5.74) is 0. The molecule has 0 spiro atoms. The van der Waals surface area contributed by atoms with Crippen LogP contribution in [0.2, 0.25) is 0 Å². The van der Waals surface area contributed by atoms with Crippen LogP contribution >= 0.6 is 0 Å². The Morgan fingerprint density at radius 3 is 2.91 bits per heavy atom. The van der Waals surface area contributed by atoms with Gasteiger partial charge in [-0.1, -0.05) is 0 Å². The molecule has 4 rings (SSSR count). The van der Waals surface area contributed by atoms with E-state index in [2.05, 4.69) is 25.0 Å². The summed E-state index contributed by atoms with van der Waals surface area (Å²) in [5, 5.41) is 12.0. The SMILES string of the molecule is COCc1nnc(N2CCC3NC(=O)CCC3C2)n1CC1CC1. The second kappa shape index (κ2) is 6.11. The van der Waals surface area contributed by atoms with Gasteiger partial charge in [-0.05, 0) is 37.5 Å². The molecular formula is C16H25N5O2. The van der Waals surface area contributed by atoms with Gasteiger partial charge in [-0.2, -0.15) is 0 Å². The molecule has 3 aliphatic rings. The number of piperidine rings is 2. The third-order valence-electron chi connectivity index (χ3n) is 5.32. The Morgan fingerprint density at radius 1 is 1.26 bits per heavy atom. The van der Waals surface area contributed by atoms with Gasteiger partial charge in [0.1, 0.15) is 6.61 Å². The van der Waals surface area contributed by atoms with Crippen molar-refractivity contribution in [3.05, 3.63) is 5.82 Å². The fraction of sp³-hybridized carbons (Fsp3) is 0.812. The van der Waals surface area contributed by atoms with Crippen LogP contribution in [0.4, 0.5) is 5.95 Å². The number of anilines is 1. The van der Waals surface area contributed by atoms with Crippen LogP contribution in [0, 0.1) is 11.8 Å². The highest BCUT2D eigenvalue weighted by Gasteiger charge is 2.36. The summed E-state index contributed by atoms with van der Waals surface area (Å²) >= 11 is 0. The number of hydrogen-bond acceptors (Lipinski definition) is 5. The van der Waals surface area contributed by atoms with E-state index < -0.39 is 0 Å². The zero-order valence-corrected chi connectivity index (χ0v) is 13.7. The molecule has 126 valence electrons. The highest BCUT2D eigenvalue weighted by atomic mass is 16.5. The Morgan fingerprint density at radius 2 is 2.13 bits per heavy atom. The third-order valence-corrected chi connectivity index (χ3v) is 5.32. The number of carbonyl (C=O) groups is 1. The standard InChI is InChI=1S/C16H25N5O2/c1-23-10-14-18-19-16(21(14)8-11-2-3-11)20-7-6-13-12(9-20)4-5-15(22)17-13/h11-13H,2-10H2,1H3,(H,17,22). The van der Waals surface area contributed by atoms with Gasteiger partial charge in [-0.15, -0.1) is 10.2 Å². The first-order valence-electron chi connectivity index (χ1n) is 8.70. The van der Waals surface area contributed by atoms with Crippen LogP contribution in [0.15, 0.2) is 0 Å². The third kappa shape index (κ3) is 3.06. The number of ether oxygens (including phenoxy) is 1.